The summed E-state index contributed by atoms with van der Waals surface area (Å²) < 4.78 is 10.6. The molecule has 0 aromatic heterocycles. The lowest BCUT2D eigenvalue weighted by Crippen LogP contribution is -2.40. The van der Waals surface area contributed by atoms with Crippen molar-refractivity contribution in [3.8, 4) is 11.5 Å². The normalized spacial score (nSPS) is 26.5. The quantitative estimate of drug-likeness (QED) is 0.836. The van der Waals surface area contributed by atoms with Crippen LogP contribution in [0.4, 0.5) is 5.69 Å². The summed E-state index contributed by atoms with van der Waals surface area (Å²) in [6, 6.07) is 6.20. The zero-order valence-corrected chi connectivity index (χ0v) is 13.3. The summed E-state index contributed by atoms with van der Waals surface area (Å²) in [5.41, 5.74) is 0.860. The largest absolute Gasteiger partial charge is 0.497 e. The maximum atomic E-state index is 5.45. The van der Waals surface area contributed by atoms with Gasteiger partial charge in [0.25, 0.3) is 0 Å². The van der Waals surface area contributed by atoms with Crippen LogP contribution in [0, 0.1) is 11.8 Å². The highest BCUT2D eigenvalue weighted by Crippen LogP contribution is 2.44. The van der Waals surface area contributed by atoms with Crippen molar-refractivity contribution < 1.29 is 9.47 Å². The van der Waals surface area contributed by atoms with Crippen LogP contribution >= 0.6 is 12.2 Å². The van der Waals surface area contributed by atoms with Gasteiger partial charge in [-0.15, -0.1) is 0 Å². The van der Waals surface area contributed by atoms with Gasteiger partial charge in [0.15, 0.2) is 5.11 Å². The minimum atomic E-state index is 0.535. The smallest absolute Gasteiger partial charge is 0.171 e. The first-order chi connectivity index (χ1) is 10.2. The number of nitrogens with one attached hydrogen (secondary N) is 2. The summed E-state index contributed by atoms with van der Waals surface area (Å²) in [6.07, 6.45) is 5.37. The van der Waals surface area contributed by atoms with E-state index in [1.807, 2.05) is 18.2 Å². The Balaban J connectivity index is 1.62. The van der Waals surface area contributed by atoms with Gasteiger partial charge in [-0.3, -0.25) is 0 Å². The second-order valence-electron chi connectivity index (χ2n) is 5.95. The minimum absolute atomic E-state index is 0.535. The van der Waals surface area contributed by atoms with E-state index < -0.39 is 0 Å². The molecule has 5 heteroatoms. The van der Waals surface area contributed by atoms with Crippen LogP contribution < -0.4 is 20.1 Å². The van der Waals surface area contributed by atoms with Gasteiger partial charge in [0.05, 0.1) is 19.9 Å². The summed E-state index contributed by atoms with van der Waals surface area (Å²) >= 11 is 5.45. The molecule has 2 N–H and O–H groups in total. The lowest BCUT2D eigenvalue weighted by molar-refractivity contribution is 0.391. The number of anilines is 1. The summed E-state index contributed by atoms with van der Waals surface area (Å²) in [5, 5.41) is 7.39. The molecular weight excluding hydrogens is 284 g/mol. The highest BCUT2D eigenvalue weighted by molar-refractivity contribution is 7.80. The number of hydrogen-bond acceptors (Lipinski definition) is 3. The molecule has 1 aromatic carbocycles. The first kappa shape index (κ1) is 14.4. The van der Waals surface area contributed by atoms with E-state index in [1.54, 1.807) is 14.2 Å². The Labute approximate surface area is 131 Å². The van der Waals surface area contributed by atoms with Crippen LogP contribution in [-0.4, -0.2) is 25.4 Å². The standard InChI is InChI=1S/C16H22N2O2S/c1-19-12-5-6-13(15(9-12)20-2)17-16(21)18-14-8-10-3-4-11(14)7-10/h5-6,9-11,14H,3-4,7-8H2,1-2H3,(H2,17,18,21). The summed E-state index contributed by atoms with van der Waals surface area (Å²) in [7, 11) is 3.29. The fraction of sp³-hybridized carbons (Fsp3) is 0.562. The number of fused-ring (bicyclic) bond motifs is 2. The van der Waals surface area contributed by atoms with Gasteiger partial charge in [-0.05, 0) is 55.4 Å². The predicted molar refractivity (Wildman–Crippen MR) is 88.1 cm³/mol. The number of benzene rings is 1. The Hall–Kier alpha value is -1.49. The number of ether oxygens (including phenoxy) is 2. The van der Waals surface area contributed by atoms with Gasteiger partial charge < -0.3 is 20.1 Å². The number of thiocarbonyl (C=S) groups is 1. The average Bonchev–Trinajstić information content (AvgIpc) is 3.10. The molecule has 0 heterocycles. The third kappa shape index (κ3) is 3.07. The molecule has 21 heavy (non-hydrogen) atoms. The average molecular weight is 306 g/mol. The zero-order valence-electron chi connectivity index (χ0n) is 12.5. The van der Waals surface area contributed by atoms with Gasteiger partial charge in [0.1, 0.15) is 11.5 Å². The Bertz CT molecular complexity index is 535. The van der Waals surface area contributed by atoms with Crippen LogP contribution in [0.25, 0.3) is 0 Å². The molecule has 4 nitrogen and oxygen atoms in total. The molecule has 3 rings (SSSR count). The molecule has 3 unspecified atom stereocenters. The molecule has 0 radical (unpaired) electrons. The highest BCUT2D eigenvalue weighted by Gasteiger charge is 2.39. The van der Waals surface area contributed by atoms with E-state index in [9.17, 15) is 0 Å². The molecule has 2 bridgehead atoms. The Kier molecular flexibility index (Phi) is 4.19. The highest BCUT2D eigenvalue weighted by atomic mass is 32.1. The zero-order chi connectivity index (χ0) is 14.8. The van der Waals surface area contributed by atoms with Crippen molar-refractivity contribution >= 4 is 23.0 Å². The van der Waals surface area contributed by atoms with Crippen molar-refractivity contribution in [1.82, 2.24) is 5.32 Å². The van der Waals surface area contributed by atoms with E-state index >= 15 is 0 Å². The topological polar surface area (TPSA) is 42.5 Å². The summed E-state index contributed by atoms with van der Waals surface area (Å²) in [4.78, 5) is 0. The number of rotatable bonds is 4. The van der Waals surface area contributed by atoms with Gasteiger partial charge in [0, 0.05) is 12.1 Å². The Morgan fingerprint density at radius 1 is 1.19 bits per heavy atom. The SMILES string of the molecule is COc1ccc(NC(=S)NC2CC3CCC2C3)c(OC)c1. The van der Waals surface area contributed by atoms with Gasteiger partial charge in [-0.25, -0.2) is 0 Å². The fourth-order valence-electron chi connectivity index (χ4n) is 3.65. The lowest BCUT2D eigenvalue weighted by Gasteiger charge is -2.25. The molecule has 3 atom stereocenters. The van der Waals surface area contributed by atoms with E-state index in [0.717, 1.165) is 29.0 Å². The van der Waals surface area contributed by atoms with Crippen molar-refractivity contribution in [1.29, 1.82) is 0 Å². The number of hydrogen-bond donors (Lipinski definition) is 2. The van der Waals surface area contributed by atoms with Crippen LogP contribution in [0.5, 0.6) is 11.5 Å². The van der Waals surface area contributed by atoms with E-state index in [1.165, 1.54) is 25.7 Å². The molecule has 0 saturated heterocycles. The molecule has 2 fully saturated rings. The van der Waals surface area contributed by atoms with E-state index in [0.29, 0.717) is 11.2 Å². The van der Waals surface area contributed by atoms with Crippen LogP contribution in [0.2, 0.25) is 0 Å². The van der Waals surface area contributed by atoms with E-state index in [-0.39, 0.29) is 0 Å². The Morgan fingerprint density at radius 2 is 2.05 bits per heavy atom. The molecule has 2 aliphatic carbocycles. The molecule has 0 spiro atoms. The predicted octanol–water partition coefficient (Wildman–Crippen LogP) is 3.18. The monoisotopic (exact) mass is 306 g/mol. The molecular formula is C16H22N2O2S. The van der Waals surface area contributed by atoms with Crippen molar-refractivity contribution in [2.75, 3.05) is 19.5 Å². The Morgan fingerprint density at radius 3 is 2.67 bits per heavy atom. The maximum absolute atomic E-state index is 5.45. The molecule has 114 valence electrons. The maximum Gasteiger partial charge on any atom is 0.171 e. The van der Waals surface area contributed by atoms with Crippen LogP contribution in [-0.2, 0) is 0 Å². The lowest BCUT2D eigenvalue weighted by atomic mass is 9.96. The molecule has 1 aromatic rings. The van der Waals surface area contributed by atoms with Crippen LogP contribution in [0.15, 0.2) is 18.2 Å². The van der Waals surface area contributed by atoms with Gasteiger partial charge in [-0.2, -0.15) is 0 Å². The third-order valence-electron chi connectivity index (χ3n) is 4.71. The molecule has 0 amide bonds. The van der Waals surface area contributed by atoms with Crippen molar-refractivity contribution in [3.05, 3.63) is 18.2 Å². The molecule has 2 aliphatic rings. The summed E-state index contributed by atoms with van der Waals surface area (Å²) in [5.74, 6) is 3.20. The first-order valence-electron chi connectivity index (χ1n) is 7.49. The van der Waals surface area contributed by atoms with Crippen LogP contribution in [0.1, 0.15) is 25.7 Å². The van der Waals surface area contributed by atoms with Crippen molar-refractivity contribution in [2.45, 2.75) is 31.7 Å². The fourth-order valence-corrected chi connectivity index (χ4v) is 3.91. The second kappa shape index (κ2) is 6.10. The second-order valence-corrected chi connectivity index (χ2v) is 6.35. The molecule has 0 aliphatic heterocycles. The van der Waals surface area contributed by atoms with Crippen molar-refractivity contribution in [2.24, 2.45) is 11.8 Å². The first-order valence-corrected chi connectivity index (χ1v) is 7.90. The van der Waals surface area contributed by atoms with Gasteiger partial charge >= 0.3 is 0 Å². The van der Waals surface area contributed by atoms with Gasteiger partial charge in [-0.1, -0.05) is 6.42 Å². The summed E-state index contributed by atoms with van der Waals surface area (Å²) in [6.45, 7) is 0. The van der Waals surface area contributed by atoms with Crippen molar-refractivity contribution in [3.63, 3.8) is 0 Å². The van der Waals surface area contributed by atoms with Crippen LogP contribution in [0.3, 0.4) is 0 Å². The molecule has 2 saturated carbocycles. The third-order valence-corrected chi connectivity index (χ3v) is 4.93. The van der Waals surface area contributed by atoms with Gasteiger partial charge in [0.2, 0.25) is 0 Å². The minimum Gasteiger partial charge on any atom is -0.497 e. The van der Waals surface area contributed by atoms with E-state index in [2.05, 4.69) is 10.6 Å². The number of methoxy groups -OCH3 is 2. The van der Waals surface area contributed by atoms with E-state index in [4.69, 9.17) is 21.7 Å².